The average Bonchev–Trinajstić information content (AvgIpc) is 3.27. The third-order valence-corrected chi connectivity index (χ3v) is 9.71. The van der Waals surface area contributed by atoms with Gasteiger partial charge in [0, 0.05) is 17.2 Å². The number of ether oxygens (including phenoxy) is 4. The van der Waals surface area contributed by atoms with Crippen molar-refractivity contribution >= 4 is 42.2 Å². The van der Waals surface area contributed by atoms with Gasteiger partial charge in [-0.3, -0.25) is 9.59 Å². The smallest absolute Gasteiger partial charge is 0.289 e. The molecule has 2 aromatic carbocycles. The number of rotatable bonds is 6. The lowest BCUT2D eigenvalue weighted by atomic mass is 10.1. The summed E-state index contributed by atoms with van der Waals surface area (Å²) in [4.78, 5) is 25.4. The van der Waals surface area contributed by atoms with Crippen molar-refractivity contribution in [3.63, 3.8) is 0 Å². The van der Waals surface area contributed by atoms with Crippen molar-refractivity contribution < 1.29 is 28.5 Å². The number of hydrogen-bond donors (Lipinski definition) is 1. The van der Waals surface area contributed by atoms with Gasteiger partial charge in [0.05, 0.1) is 28.4 Å². The zero-order valence-corrected chi connectivity index (χ0v) is 21.0. The molecule has 2 aliphatic rings. The number of hydrogen-bond acceptors (Lipinski definition) is 6. The number of fused-ring (bicyclic) bond motifs is 1. The number of nitrogens with one attached hydrogen (secondary N) is 1. The van der Waals surface area contributed by atoms with E-state index in [0.717, 1.165) is 12.0 Å². The molecule has 0 aliphatic carbocycles. The largest absolute Gasteiger partial charge is 0.494 e. The highest BCUT2D eigenvalue weighted by atomic mass is 35.5. The summed E-state index contributed by atoms with van der Waals surface area (Å²) in [5.41, 5.74) is 2.58. The van der Waals surface area contributed by atoms with E-state index in [4.69, 9.17) is 30.5 Å². The number of carbonyl (C=O) groups is 2. The van der Waals surface area contributed by atoms with Crippen LogP contribution < -0.4 is 24.7 Å². The highest BCUT2D eigenvalue weighted by Gasteiger charge is 2.37. The second-order valence-corrected chi connectivity index (χ2v) is 14.0. The van der Waals surface area contributed by atoms with Gasteiger partial charge in [0.25, 0.3) is 11.9 Å². The maximum atomic E-state index is 12.9. The molecule has 0 saturated heterocycles. The first-order chi connectivity index (χ1) is 15.6. The maximum Gasteiger partial charge on any atom is 0.289 e. The Kier molecular flexibility index (Phi) is 6.15. The van der Waals surface area contributed by atoms with Gasteiger partial charge in [-0.1, -0.05) is 35.9 Å². The van der Waals surface area contributed by atoms with E-state index in [1.165, 1.54) is 49.2 Å². The molecule has 2 aromatic rings. The van der Waals surface area contributed by atoms with Crippen LogP contribution in [0.3, 0.4) is 0 Å². The molecular weight excluding hydrogens is 462 g/mol. The van der Waals surface area contributed by atoms with Gasteiger partial charge in [-0.15, -0.1) is 0 Å². The molecule has 1 atom stereocenters. The Morgan fingerprint density at radius 3 is 2.42 bits per heavy atom. The van der Waals surface area contributed by atoms with E-state index in [0.29, 0.717) is 22.3 Å². The Hall–Kier alpha value is -2.97. The Balaban J connectivity index is 1.51. The van der Waals surface area contributed by atoms with Crippen molar-refractivity contribution in [2.75, 3.05) is 19.5 Å². The van der Waals surface area contributed by atoms with Crippen LogP contribution in [0.5, 0.6) is 17.2 Å². The zero-order valence-electron chi connectivity index (χ0n) is 19.2. The SMILES string of the molecule is COc1cc(Cl)cc(OC)c1NC(=O)C1OC(Oc2cc3c(cc2C)CC[Si]3(C)C)=CC1=O. The minimum absolute atomic E-state index is 0.00398. The van der Waals surface area contributed by atoms with Crippen LogP contribution in [0.1, 0.15) is 11.1 Å². The number of methoxy groups -OCH3 is 2. The predicted molar refractivity (Wildman–Crippen MR) is 129 cm³/mol. The van der Waals surface area contributed by atoms with Crippen molar-refractivity contribution in [1.29, 1.82) is 0 Å². The van der Waals surface area contributed by atoms with Crippen LogP contribution in [0.25, 0.3) is 0 Å². The van der Waals surface area contributed by atoms with E-state index in [9.17, 15) is 9.59 Å². The number of anilines is 1. The lowest BCUT2D eigenvalue weighted by Gasteiger charge is -2.19. The molecule has 0 spiro atoms. The van der Waals surface area contributed by atoms with Crippen LogP contribution in [0.2, 0.25) is 24.2 Å². The van der Waals surface area contributed by atoms with E-state index in [1.54, 1.807) is 0 Å². The van der Waals surface area contributed by atoms with Crippen LogP contribution >= 0.6 is 11.6 Å². The lowest BCUT2D eigenvalue weighted by Crippen LogP contribution is -2.37. The third kappa shape index (κ3) is 4.45. The topological polar surface area (TPSA) is 83.1 Å². The van der Waals surface area contributed by atoms with Crippen molar-refractivity contribution in [3.05, 3.63) is 52.4 Å². The molecular formula is C24H26ClNO6Si. The van der Waals surface area contributed by atoms with Crippen LogP contribution in [0.15, 0.2) is 36.3 Å². The fourth-order valence-electron chi connectivity index (χ4n) is 4.21. The number of amides is 1. The average molecular weight is 488 g/mol. The predicted octanol–water partition coefficient (Wildman–Crippen LogP) is 3.96. The quantitative estimate of drug-likeness (QED) is 0.490. The monoisotopic (exact) mass is 487 g/mol. The first-order valence-electron chi connectivity index (χ1n) is 10.6. The summed E-state index contributed by atoms with van der Waals surface area (Å²) in [6.07, 6.45) is 0.911. The molecule has 33 heavy (non-hydrogen) atoms. The summed E-state index contributed by atoms with van der Waals surface area (Å²) in [6, 6.07) is 8.49. The molecule has 1 amide bonds. The molecule has 0 bridgehead atoms. The van der Waals surface area contributed by atoms with Gasteiger partial charge in [-0.25, -0.2) is 0 Å². The normalized spacial score (nSPS) is 18.3. The molecule has 0 radical (unpaired) electrons. The lowest BCUT2D eigenvalue weighted by molar-refractivity contribution is -0.134. The standard InChI is InChI=1S/C24H26ClNO6Si/c1-13-8-14-6-7-33(4,5)20(14)12-17(13)31-21-11-16(27)23(32-21)24(28)26-22-18(29-2)9-15(25)10-19(22)30-3/h8-12,23H,6-7H2,1-5H3,(H,26,28). The minimum Gasteiger partial charge on any atom is -0.494 e. The Bertz CT molecular complexity index is 1150. The van der Waals surface area contributed by atoms with E-state index >= 15 is 0 Å². The first-order valence-corrected chi connectivity index (χ1v) is 14.2. The van der Waals surface area contributed by atoms with Crippen molar-refractivity contribution in [2.45, 2.75) is 38.6 Å². The molecule has 1 unspecified atom stereocenters. The third-order valence-electron chi connectivity index (χ3n) is 6.07. The van der Waals surface area contributed by atoms with Crippen molar-refractivity contribution in [3.8, 4) is 17.2 Å². The van der Waals surface area contributed by atoms with Crippen molar-refractivity contribution in [1.82, 2.24) is 0 Å². The molecule has 0 aromatic heterocycles. The van der Waals surface area contributed by atoms with Crippen LogP contribution in [0.4, 0.5) is 5.69 Å². The molecule has 7 nitrogen and oxygen atoms in total. The maximum absolute atomic E-state index is 12.9. The second kappa shape index (κ2) is 8.76. The molecule has 9 heteroatoms. The summed E-state index contributed by atoms with van der Waals surface area (Å²) in [6.45, 7) is 6.64. The van der Waals surface area contributed by atoms with Gasteiger partial charge in [-0.2, -0.15) is 0 Å². The van der Waals surface area contributed by atoms with E-state index in [1.807, 2.05) is 6.92 Å². The van der Waals surface area contributed by atoms with Gasteiger partial charge in [-0.05, 0) is 36.6 Å². The fraction of sp³-hybridized carbons (Fsp3) is 0.333. The molecule has 174 valence electrons. The van der Waals surface area contributed by atoms with Gasteiger partial charge in [0.15, 0.2) is 0 Å². The molecule has 2 aliphatic heterocycles. The highest BCUT2D eigenvalue weighted by molar-refractivity contribution is 6.91. The van der Waals surface area contributed by atoms with Crippen LogP contribution in [0, 0.1) is 6.92 Å². The van der Waals surface area contributed by atoms with E-state index < -0.39 is 25.9 Å². The molecule has 0 fully saturated rings. The second-order valence-electron chi connectivity index (χ2n) is 8.80. The first kappa shape index (κ1) is 23.2. The van der Waals surface area contributed by atoms with Crippen LogP contribution in [-0.4, -0.2) is 40.1 Å². The Morgan fingerprint density at radius 2 is 1.79 bits per heavy atom. The number of ketones is 1. The number of carbonyl (C=O) groups excluding carboxylic acids is 2. The minimum atomic E-state index is -1.49. The summed E-state index contributed by atoms with van der Waals surface area (Å²) in [5.74, 6) is 0.0373. The van der Waals surface area contributed by atoms with E-state index in [-0.39, 0.29) is 11.6 Å². The summed E-state index contributed by atoms with van der Waals surface area (Å²) >= 11 is 6.05. The van der Waals surface area contributed by atoms with Gasteiger partial charge in [0.1, 0.15) is 22.9 Å². The Labute approximate surface area is 198 Å². The zero-order chi connectivity index (χ0) is 23.9. The van der Waals surface area contributed by atoms with Gasteiger partial charge < -0.3 is 24.3 Å². The summed E-state index contributed by atoms with van der Waals surface area (Å²) in [5, 5.41) is 4.39. The van der Waals surface area contributed by atoms with Crippen LogP contribution in [-0.2, 0) is 20.7 Å². The highest BCUT2D eigenvalue weighted by Crippen LogP contribution is 2.38. The molecule has 4 rings (SSSR count). The molecule has 0 saturated carbocycles. The molecule has 1 N–H and O–H groups in total. The summed E-state index contributed by atoms with van der Waals surface area (Å²) < 4.78 is 22.1. The Morgan fingerprint density at radius 1 is 1.12 bits per heavy atom. The number of aryl methyl sites for hydroxylation is 2. The van der Waals surface area contributed by atoms with Gasteiger partial charge >= 0.3 is 0 Å². The van der Waals surface area contributed by atoms with E-state index in [2.05, 4.69) is 30.5 Å². The van der Waals surface area contributed by atoms with Crippen molar-refractivity contribution in [2.24, 2.45) is 0 Å². The summed E-state index contributed by atoms with van der Waals surface area (Å²) in [7, 11) is 1.39. The molecule has 2 heterocycles. The fourth-order valence-corrected chi connectivity index (χ4v) is 7.16. The van der Waals surface area contributed by atoms with Gasteiger partial charge in [0.2, 0.25) is 11.9 Å². The number of halogens is 1. The number of benzene rings is 2.